The van der Waals surface area contributed by atoms with Crippen molar-refractivity contribution < 1.29 is 9.84 Å². The van der Waals surface area contributed by atoms with Crippen LogP contribution in [0.5, 0.6) is 11.5 Å². The Labute approximate surface area is 163 Å². The molecule has 1 atom stereocenters. The van der Waals surface area contributed by atoms with E-state index in [2.05, 4.69) is 15.3 Å². The van der Waals surface area contributed by atoms with Crippen LogP contribution in [0.4, 0.5) is 5.82 Å². The molecule has 28 heavy (non-hydrogen) atoms. The van der Waals surface area contributed by atoms with E-state index < -0.39 is 0 Å². The van der Waals surface area contributed by atoms with Gasteiger partial charge in [0.1, 0.15) is 17.3 Å². The van der Waals surface area contributed by atoms with Gasteiger partial charge in [-0.3, -0.25) is 4.98 Å². The lowest BCUT2D eigenvalue weighted by Gasteiger charge is -2.22. The van der Waals surface area contributed by atoms with E-state index in [9.17, 15) is 5.11 Å². The van der Waals surface area contributed by atoms with E-state index in [-0.39, 0.29) is 11.8 Å². The average molecular weight is 371 g/mol. The molecule has 1 unspecified atom stereocenters. The smallest absolute Gasteiger partial charge is 0.130 e. The third kappa shape index (κ3) is 3.60. The van der Waals surface area contributed by atoms with Crippen molar-refractivity contribution in [3.8, 4) is 11.5 Å². The zero-order valence-electron chi connectivity index (χ0n) is 15.5. The van der Waals surface area contributed by atoms with Gasteiger partial charge in [0.2, 0.25) is 0 Å². The van der Waals surface area contributed by atoms with Crippen molar-refractivity contribution in [1.29, 1.82) is 0 Å². The molecule has 2 heterocycles. The highest BCUT2D eigenvalue weighted by Crippen LogP contribution is 2.36. The SMILES string of the molecule is CCOc1ccc(C(Nc2ccccn2)c2ccc3ncccc3c2O)cc1. The highest BCUT2D eigenvalue weighted by atomic mass is 16.5. The molecule has 2 aromatic heterocycles. The monoisotopic (exact) mass is 371 g/mol. The van der Waals surface area contributed by atoms with Crippen LogP contribution in [0.3, 0.4) is 0 Å². The van der Waals surface area contributed by atoms with Crippen LogP contribution in [-0.2, 0) is 0 Å². The second-order valence-corrected chi connectivity index (χ2v) is 6.37. The zero-order chi connectivity index (χ0) is 19.3. The third-order valence-corrected chi connectivity index (χ3v) is 4.58. The number of anilines is 1. The van der Waals surface area contributed by atoms with Gasteiger partial charge in [0.25, 0.3) is 0 Å². The largest absolute Gasteiger partial charge is 0.507 e. The molecule has 4 rings (SSSR count). The van der Waals surface area contributed by atoms with Gasteiger partial charge < -0.3 is 15.2 Å². The van der Waals surface area contributed by atoms with Gasteiger partial charge in [-0.1, -0.05) is 24.3 Å². The predicted octanol–water partition coefficient (Wildman–Crippen LogP) is 4.94. The number of aromatic nitrogens is 2. The minimum Gasteiger partial charge on any atom is -0.507 e. The van der Waals surface area contributed by atoms with Crippen LogP contribution in [0.2, 0.25) is 0 Å². The lowest BCUT2D eigenvalue weighted by molar-refractivity contribution is 0.340. The van der Waals surface area contributed by atoms with E-state index in [1.165, 1.54) is 0 Å². The second kappa shape index (κ2) is 7.96. The van der Waals surface area contributed by atoms with Gasteiger partial charge >= 0.3 is 0 Å². The van der Waals surface area contributed by atoms with E-state index in [1.54, 1.807) is 12.4 Å². The molecule has 0 bridgehead atoms. The normalized spacial score (nSPS) is 11.9. The first-order chi connectivity index (χ1) is 13.8. The maximum atomic E-state index is 11.0. The molecule has 4 aromatic rings. The van der Waals surface area contributed by atoms with Gasteiger partial charge in [-0.05, 0) is 55.0 Å². The Kier molecular flexibility index (Phi) is 5.06. The molecular weight excluding hydrogens is 350 g/mol. The van der Waals surface area contributed by atoms with Gasteiger partial charge in [-0.15, -0.1) is 0 Å². The number of hydrogen-bond acceptors (Lipinski definition) is 5. The lowest BCUT2D eigenvalue weighted by Crippen LogP contribution is -2.13. The molecule has 0 fully saturated rings. The third-order valence-electron chi connectivity index (χ3n) is 4.58. The Hall–Kier alpha value is -3.60. The van der Waals surface area contributed by atoms with Gasteiger partial charge in [-0.25, -0.2) is 4.98 Å². The van der Waals surface area contributed by atoms with Crippen molar-refractivity contribution in [2.75, 3.05) is 11.9 Å². The molecule has 0 aliphatic rings. The van der Waals surface area contributed by atoms with E-state index in [1.807, 2.05) is 73.7 Å². The standard InChI is InChI=1S/C23H21N3O2/c1-2-28-17-10-8-16(9-11-17)22(26-21-7-3-4-14-25-21)19-12-13-20-18(23(19)27)6-5-15-24-20/h3-15,22,27H,2H2,1H3,(H,25,26). The van der Waals surface area contributed by atoms with Crippen LogP contribution < -0.4 is 10.1 Å². The fourth-order valence-electron chi connectivity index (χ4n) is 3.25. The maximum Gasteiger partial charge on any atom is 0.130 e. The summed E-state index contributed by atoms with van der Waals surface area (Å²) in [4.78, 5) is 8.70. The van der Waals surface area contributed by atoms with Crippen LogP contribution in [0, 0.1) is 0 Å². The van der Waals surface area contributed by atoms with Gasteiger partial charge in [0.15, 0.2) is 0 Å². The number of phenolic OH excluding ortho intramolecular Hbond substituents is 1. The van der Waals surface area contributed by atoms with Crippen LogP contribution in [-0.4, -0.2) is 21.7 Å². The number of hydrogen-bond donors (Lipinski definition) is 2. The van der Waals surface area contributed by atoms with Crippen LogP contribution in [0.25, 0.3) is 10.9 Å². The van der Waals surface area contributed by atoms with Crippen molar-refractivity contribution in [1.82, 2.24) is 9.97 Å². The van der Waals surface area contributed by atoms with Crippen molar-refractivity contribution in [2.24, 2.45) is 0 Å². The van der Waals surface area contributed by atoms with Crippen LogP contribution in [0.15, 0.2) is 79.1 Å². The number of fused-ring (bicyclic) bond motifs is 1. The first kappa shape index (κ1) is 17.8. The number of phenols is 1. The number of aromatic hydroxyl groups is 1. The summed E-state index contributed by atoms with van der Waals surface area (Å²) >= 11 is 0. The predicted molar refractivity (Wildman–Crippen MR) is 111 cm³/mol. The number of benzene rings is 2. The molecular formula is C23H21N3O2. The van der Waals surface area contributed by atoms with Crippen LogP contribution >= 0.6 is 0 Å². The minimum absolute atomic E-state index is 0.216. The molecule has 5 nitrogen and oxygen atoms in total. The van der Waals surface area contributed by atoms with Crippen LogP contribution in [0.1, 0.15) is 24.1 Å². The van der Waals surface area contributed by atoms with E-state index in [0.717, 1.165) is 33.6 Å². The van der Waals surface area contributed by atoms with E-state index in [4.69, 9.17) is 4.74 Å². The molecule has 0 aliphatic carbocycles. The fourth-order valence-corrected chi connectivity index (χ4v) is 3.25. The molecule has 0 saturated carbocycles. The maximum absolute atomic E-state index is 11.0. The van der Waals surface area contributed by atoms with Crippen molar-refractivity contribution >= 4 is 16.7 Å². The molecule has 2 N–H and O–H groups in total. The molecule has 0 spiro atoms. The van der Waals surface area contributed by atoms with E-state index >= 15 is 0 Å². The Morgan fingerprint density at radius 3 is 2.50 bits per heavy atom. The molecule has 0 saturated heterocycles. The first-order valence-electron chi connectivity index (χ1n) is 9.23. The highest BCUT2D eigenvalue weighted by Gasteiger charge is 2.20. The van der Waals surface area contributed by atoms with Gasteiger partial charge in [0, 0.05) is 23.3 Å². The number of nitrogens with zero attached hydrogens (tertiary/aromatic N) is 2. The Morgan fingerprint density at radius 2 is 1.75 bits per heavy atom. The number of pyridine rings is 2. The average Bonchev–Trinajstić information content (AvgIpc) is 2.75. The number of rotatable bonds is 6. The summed E-state index contributed by atoms with van der Waals surface area (Å²) in [7, 11) is 0. The molecule has 2 aromatic carbocycles. The Morgan fingerprint density at radius 1 is 0.929 bits per heavy atom. The minimum atomic E-state index is -0.282. The molecule has 140 valence electrons. The van der Waals surface area contributed by atoms with Crippen molar-refractivity contribution in [3.05, 3.63) is 90.3 Å². The Bertz CT molecular complexity index is 1070. The number of nitrogens with one attached hydrogen (secondary N) is 1. The Balaban J connectivity index is 1.79. The molecule has 0 radical (unpaired) electrons. The highest BCUT2D eigenvalue weighted by molar-refractivity contribution is 5.86. The summed E-state index contributed by atoms with van der Waals surface area (Å²) < 4.78 is 5.56. The van der Waals surface area contributed by atoms with Gasteiger partial charge in [0.05, 0.1) is 18.2 Å². The summed E-state index contributed by atoms with van der Waals surface area (Å²) in [5, 5.41) is 15.1. The summed E-state index contributed by atoms with van der Waals surface area (Å²) in [6, 6.07) is 20.8. The van der Waals surface area contributed by atoms with Crippen molar-refractivity contribution in [3.63, 3.8) is 0 Å². The van der Waals surface area contributed by atoms with Crippen molar-refractivity contribution in [2.45, 2.75) is 13.0 Å². The zero-order valence-corrected chi connectivity index (χ0v) is 15.5. The number of ether oxygens (including phenoxy) is 1. The lowest BCUT2D eigenvalue weighted by atomic mass is 9.96. The second-order valence-electron chi connectivity index (χ2n) is 6.37. The summed E-state index contributed by atoms with van der Waals surface area (Å²) in [6.07, 6.45) is 3.46. The molecule has 0 amide bonds. The molecule has 0 aliphatic heterocycles. The quantitative estimate of drug-likeness (QED) is 0.503. The topological polar surface area (TPSA) is 67.3 Å². The summed E-state index contributed by atoms with van der Waals surface area (Å²) in [6.45, 7) is 2.58. The molecule has 5 heteroatoms. The summed E-state index contributed by atoms with van der Waals surface area (Å²) in [5.74, 6) is 1.76. The first-order valence-corrected chi connectivity index (χ1v) is 9.23. The fraction of sp³-hybridized carbons (Fsp3) is 0.130. The van der Waals surface area contributed by atoms with Gasteiger partial charge in [-0.2, -0.15) is 0 Å². The van der Waals surface area contributed by atoms with E-state index in [0.29, 0.717) is 6.61 Å². The summed E-state index contributed by atoms with van der Waals surface area (Å²) in [5.41, 5.74) is 2.51.